The molecule has 0 spiro atoms. The number of hydrogen-bond donors (Lipinski definition) is 3. The number of aromatic hydroxyl groups is 2. The van der Waals surface area contributed by atoms with Gasteiger partial charge in [0.2, 0.25) is 0 Å². The summed E-state index contributed by atoms with van der Waals surface area (Å²) in [5.74, 6) is -0.466. The predicted octanol–water partition coefficient (Wildman–Crippen LogP) is 3.83. The summed E-state index contributed by atoms with van der Waals surface area (Å²) in [6.45, 7) is -0.327. The molecule has 3 nitrogen and oxygen atoms in total. The summed E-state index contributed by atoms with van der Waals surface area (Å²) in [4.78, 5) is 0. The van der Waals surface area contributed by atoms with Gasteiger partial charge in [-0.2, -0.15) is 0 Å². The van der Waals surface area contributed by atoms with Crippen LogP contribution < -0.4 is 0 Å². The van der Waals surface area contributed by atoms with Gasteiger partial charge in [0.1, 0.15) is 0 Å². The Hall–Kier alpha value is -2.78. The van der Waals surface area contributed by atoms with E-state index < -0.39 is 0 Å². The average Bonchev–Trinajstić information content (AvgIpc) is 2.96. The van der Waals surface area contributed by atoms with Crippen LogP contribution in [0.25, 0.3) is 22.3 Å². The Kier molecular flexibility index (Phi) is 3.10. The second kappa shape index (κ2) is 5.14. The molecule has 4 rings (SSSR count). The van der Waals surface area contributed by atoms with Crippen LogP contribution in [0.3, 0.4) is 0 Å². The summed E-state index contributed by atoms with van der Waals surface area (Å²) in [7, 11) is 0. The molecular formula is C20H16O3. The van der Waals surface area contributed by atoms with E-state index in [1.54, 1.807) is 6.07 Å². The first-order chi connectivity index (χ1) is 11.2. The number of phenolic OH excluding ortho intramolecular Hbond substituents is 1. The summed E-state index contributed by atoms with van der Waals surface area (Å²) >= 11 is 0. The Morgan fingerprint density at radius 1 is 0.739 bits per heavy atom. The van der Waals surface area contributed by atoms with Crippen molar-refractivity contribution in [3.63, 3.8) is 0 Å². The molecule has 23 heavy (non-hydrogen) atoms. The largest absolute Gasteiger partial charge is 0.504 e. The van der Waals surface area contributed by atoms with Crippen molar-refractivity contribution in [2.24, 2.45) is 0 Å². The second-order valence-corrected chi connectivity index (χ2v) is 5.78. The molecule has 0 bridgehead atoms. The van der Waals surface area contributed by atoms with Crippen molar-refractivity contribution in [3.05, 3.63) is 71.3 Å². The Labute approximate surface area is 134 Å². The van der Waals surface area contributed by atoms with E-state index in [0.29, 0.717) is 5.56 Å². The minimum atomic E-state index is -0.327. The van der Waals surface area contributed by atoms with Crippen molar-refractivity contribution in [2.45, 2.75) is 13.0 Å². The summed E-state index contributed by atoms with van der Waals surface area (Å²) in [5.41, 5.74) is 6.99. The molecule has 1 aliphatic carbocycles. The Morgan fingerprint density at radius 2 is 1.43 bits per heavy atom. The van der Waals surface area contributed by atoms with E-state index in [1.807, 2.05) is 24.3 Å². The number of phenols is 2. The van der Waals surface area contributed by atoms with E-state index in [9.17, 15) is 15.3 Å². The SMILES string of the molecule is OCc1c(-c2cccc3c2Cc2ccccc2-3)ccc(O)c1O. The lowest BCUT2D eigenvalue weighted by Gasteiger charge is -2.14. The van der Waals surface area contributed by atoms with Crippen LogP contribution in [-0.4, -0.2) is 15.3 Å². The van der Waals surface area contributed by atoms with Crippen molar-refractivity contribution in [1.82, 2.24) is 0 Å². The average molecular weight is 304 g/mol. The fourth-order valence-corrected chi connectivity index (χ4v) is 3.45. The third-order valence-electron chi connectivity index (χ3n) is 4.56. The molecule has 0 atom stereocenters. The quantitative estimate of drug-likeness (QED) is 0.493. The number of aliphatic hydroxyl groups excluding tert-OH is 1. The van der Waals surface area contributed by atoms with Gasteiger partial charge in [0.05, 0.1) is 6.61 Å². The Morgan fingerprint density at radius 3 is 2.22 bits per heavy atom. The lowest BCUT2D eigenvalue weighted by Crippen LogP contribution is -1.94. The molecule has 0 aliphatic heterocycles. The molecule has 3 N–H and O–H groups in total. The van der Waals surface area contributed by atoms with Crippen LogP contribution in [0.4, 0.5) is 0 Å². The van der Waals surface area contributed by atoms with E-state index in [1.165, 1.54) is 28.3 Å². The van der Waals surface area contributed by atoms with E-state index in [-0.39, 0.29) is 18.1 Å². The van der Waals surface area contributed by atoms with E-state index in [4.69, 9.17) is 0 Å². The van der Waals surface area contributed by atoms with Gasteiger partial charge in [-0.3, -0.25) is 0 Å². The van der Waals surface area contributed by atoms with E-state index in [0.717, 1.165) is 17.5 Å². The number of hydrogen-bond acceptors (Lipinski definition) is 3. The summed E-state index contributed by atoms with van der Waals surface area (Å²) < 4.78 is 0. The standard InChI is InChI=1S/C20H16O3/c21-11-18-16(8-9-19(22)20(18)23)15-7-3-6-14-13-5-2-1-4-12(13)10-17(14)15/h1-9,21-23H,10-11H2. The zero-order chi connectivity index (χ0) is 16.0. The van der Waals surface area contributed by atoms with Crippen LogP contribution in [-0.2, 0) is 13.0 Å². The number of aliphatic hydroxyl groups is 1. The minimum absolute atomic E-state index is 0.214. The zero-order valence-electron chi connectivity index (χ0n) is 12.5. The first-order valence-corrected chi connectivity index (χ1v) is 7.56. The monoisotopic (exact) mass is 304 g/mol. The summed E-state index contributed by atoms with van der Waals surface area (Å²) in [6, 6.07) is 17.6. The van der Waals surface area contributed by atoms with E-state index >= 15 is 0 Å². The normalized spacial score (nSPS) is 12.0. The lowest BCUT2D eigenvalue weighted by atomic mass is 9.92. The van der Waals surface area contributed by atoms with Crippen molar-refractivity contribution in [3.8, 4) is 33.8 Å². The molecule has 0 radical (unpaired) electrons. The molecule has 0 fully saturated rings. The van der Waals surface area contributed by atoms with Crippen LogP contribution in [0, 0.1) is 0 Å². The van der Waals surface area contributed by atoms with Gasteiger partial charge in [0.15, 0.2) is 11.5 Å². The highest BCUT2D eigenvalue weighted by atomic mass is 16.3. The molecule has 1 aliphatic rings. The van der Waals surface area contributed by atoms with E-state index in [2.05, 4.69) is 18.2 Å². The lowest BCUT2D eigenvalue weighted by molar-refractivity contribution is 0.273. The van der Waals surface area contributed by atoms with Gasteiger partial charge in [-0.25, -0.2) is 0 Å². The molecule has 0 saturated carbocycles. The predicted molar refractivity (Wildman–Crippen MR) is 89.4 cm³/mol. The van der Waals surface area contributed by atoms with Crippen molar-refractivity contribution >= 4 is 0 Å². The molecule has 3 heteroatoms. The summed E-state index contributed by atoms with van der Waals surface area (Å²) in [6.07, 6.45) is 0.828. The topological polar surface area (TPSA) is 60.7 Å². The zero-order valence-corrected chi connectivity index (χ0v) is 12.5. The van der Waals surface area contributed by atoms with Crippen LogP contribution in [0.5, 0.6) is 11.5 Å². The fraction of sp³-hybridized carbons (Fsp3) is 0.100. The molecule has 0 amide bonds. The third kappa shape index (κ3) is 2.01. The Bertz CT molecular complexity index is 913. The Balaban J connectivity index is 1.96. The maximum Gasteiger partial charge on any atom is 0.163 e. The highest BCUT2D eigenvalue weighted by Gasteiger charge is 2.23. The molecule has 0 aromatic heterocycles. The van der Waals surface area contributed by atoms with Gasteiger partial charge in [-0.05, 0) is 45.9 Å². The first kappa shape index (κ1) is 13.9. The summed E-state index contributed by atoms with van der Waals surface area (Å²) in [5, 5.41) is 29.4. The number of benzene rings is 3. The number of rotatable bonds is 2. The maximum absolute atomic E-state index is 10.1. The van der Waals surface area contributed by atoms with Crippen molar-refractivity contribution in [1.29, 1.82) is 0 Å². The molecule has 3 aromatic carbocycles. The van der Waals surface area contributed by atoms with Gasteiger partial charge in [0, 0.05) is 5.56 Å². The van der Waals surface area contributed by atoms with Crippen LogP contribution in [0.1, 0.15) is 16.7 Å². The van der Waals surface area contributed by atoms with Crippen molar-refractivity contribution in [2.75, 3.05) is 0 Å². The molecule has 0 saturated heterocycles. The molecular weight excluding hydrogens is 288 g/mol. The van der Waals surface area contributed by atoms with Crippen LogP contribution in [0.2, 0.25) is 0 Å². The smallest absolute Gasteiger partial charge is 0.163 e. The second-order valence-electron chi connectivity index (χ2n) is 5.78. The third-order valence-corrected chi connectivity index (χ3v) is 4.56. The molecule has 114 valence electrons. The number of fused-ring (bicyclic) bond motifs is 3. The first-order valence-electron chi connectivity index (χ1n) is 7.56. The van der Waals surface area contributed by atoms with Gasteiger partial charge >= 0.3 is 0 Å². The van der Waals surface area contributed by atoms with Gasteiger partial charge < -0.3 is 15.3 Å². The van der Waals surface area contributed by atoms with Gasteiger partial charge in [-0.15, -0.1) is 0 Å². The van der Waals surface area contributed by atoms with Crippen LogP contribution in [0.15, 0.2) is 54.6 Å². The highest BCUT2D eigenvalue weighted by molar-refractivity contribution is 5.86. The van der Waals surface area contributed by atoms with Gasteiger partial charge in [-0.1, -0.05) is 48.5 Å². The minimum Gasteiger partial charge on any atom is -0.504 e. The van der Waals surface area contributed by atoms with Gasteiger partial charge in [0.25, 0.3) is 0 Å². The fourth-order valence-electron chi connectivity index (χ4n) is 3.45. The van der Waals surface area contributed by atoms with Crippen molar-refractivity contribution < 1.29 is 15.3 Å². The van der Waals surface area contributed by atoms with Crippen LogP contribution >= 0.6 is 0 Å². The molecule has 3 aromatic rings. The molecule has 0 heterocycles. The molecule has 0 unspecified atom stereocenters. The maximum atomic E-state index is 10.1. The highest BCUT2D eigenvalue weighted by Crippen LogP contribution is 2.44.